The van der Waals surface area contributed by atoms with Crippen molar-refractivity contribution < 1.29 is 0 Å². The largest absolute Gasteiger partial charge is 0.313 e. The van der Waals surface area contributed by atoms with Crippen LogP contribution >= 0.6 is 0 Å². The minimum atomic E-state index is 0.619. The van der Waals surface area contributed by atoms with Crippen LogP contribution in [0.1, 0.15) is 34.1 Å². The maximum Gasteiger partial charge on any atom is 0.0205 e. The molecule has 2 heteroatoms. The highest BCUT2D eigenvalue weighted by atomic mass is 15.1. The molecule has 2 nitrogen and oxygen atoms in total. The number of likely N-dealkylation sites (N-methyl/N-ethyl adjacent to an activating group) is 1. The lowest BCUT2D eigenvalue weighted by Crippen LogP contribution is -2.35. The van der Waals surface area contributed by atoms with Crippen molar-refractivity contribution in [1.82, 2.24) is 10.2 Å². The lowest BCUT2D eigenvalue weighted by molar-refractivity contribution is 0.240. The summed E-state index contributed by atoms with van der Waals surface area (Å²) in [6.45, 7) is 17.1. The van der Waals surface area contributed by atoms with Crippen molar-refractivity contribution in [3.05, 3.63) is 12.2 Å². The summed E-state index contributed by atoms with van der Waals surface area (Å²) in [7, 11) is 0. The van der Waals surface area contributed by atoms with Gasteiger partial charge in [0.2, 0.25) is 0 Å². The average molecular weight is 198 g/mol. The molecule has 0 aliphatic carbocycles. The Kier molecular flexibility index (Phi) is 7.81. The van der Waals surface area contributed by atoms with Crippen molar-refractivity contribution in [3.8, 4) is 0 Å². The van der Waals surface area contributed by atoms with Crippen LogP contribution in [0.4, 0.5) is 0 Å². The molecule has 0 heterocycles. The van der Waals surface area contributed by atoms with Gasteiger partial charge < -0.3 is 5.32 Å². The van der Waals surface area contributed by atoms with E-state index < -0.39 is 0 Å². The van der Waals surface area contributed by atoms with E-state index in [0.29, 0.717) is 6.04 Å². The van der Waals surface area contributed by atoms with E-state index in [1.165, 1.54) is 18.5 Å². The Morgan fingerprint density at radius 3 is 2.43 bits per heavy atom. The van der Waals surface area contributed by atoms with Crippen LogP contribution < -0.4 is 5.32 Å². The van der Waals surface area contributed by atoms with Gasteiger partial charge in [-0.3, -0.25) is 4.90 Å². The molecule has 0 rings (SSSR count). The molecule has 0 aliphatic rings. The highest BCUT2D eigenvalue weighted by Gasteiger charge is 2.08. The SMILES string of the molecule is C=C(CNCC)CN(CCC)C(C)C. The first-order valence-corrected chi connectivity index (χ1v) is 5.73. The van der Waals surface area contributed by atoms with E-state index in [-0.39, 0.29) is 0 Å². The highest BCUT2D eigenvalue weighted by molar-refractivity contribution is 5.00. The van der Waals surface area contributed by atoms with E-state index in [1.54, 1.807) is 0 Å². The van der Waals surface area contributed by atoms with E-state index in [9.17, 15) is 0 Å². The Balaban J connectivity index is 3.83. The van der Waals surface area contributed by atoms with E-state index in [1.807, 2.05) is 0 Å². The van der Waals surface area contributed by atoms with E-state index >= 15 is 0 Å². The fourth-order valence-electron chi connectivity index (χ4n) is 1.45. The third-order valence-electron chi connectivity index (χ3n) is 2.29. The van der Waals surface area contributed by atoms with Gasteiger partial charge in [0, 0.05) is 19.1 Å². The van der Waals surface area contributed by atoms with Gasteiger partial charge >= 0.3 is 0 Å². The first kappa shape index (κ1) is 13.7. The van der Waals surface area contributed by atoms with Crippen LogP contribution in [0.2, 0.25) is 0 Å². The van der Waals surface area contributed by atoms with Gasteiger partial charge in [-0.1, -0.05) is 20.4 Å². The maximum absolute atomic E-state index is 4.09. The quantitative estimate of drug-likeness (QED) is 0.602. The van der Waals surface area contributed by atoms with Gasteiger partial charge in [0.05, 0.1) is 0 Å². The molecule has 0 amide bonds. The third-order valence-corrected chi connectivity index (χ3v) is 2.29. The van der Waals surface area contributed by atoms with Crippen LogP contribution in [-0.4, -0.2) is 37.1 Å². The zero-order chi connectivity index (χ0) is 11.0. The average Bonchev–Trinajstić information content (AvgIpc) is 2.14. The summed E-state index contributed by atoms with van der Waals surface area (Å²) in [5.74, 6) is 0. The number of nitrogens with one attached hydrogen (secondary N) is 1. The van der Waals surface area contributed by atoms with E-state index in [2.05, 4.69) is 44.5 Å². The van der Waals surface area contributed by atoms with Gasteiger partial charge in [-0.2, -0.15) is 0 Å². The topological polar surface area (TPSA) is 15.3 Å². The first-order valence-electron chi connectivity index (χ1n) is 5.73. The number of hydrogen-bond donors (Lipinski definition) is 1. The number of rotatable bonds is 8. The molecule has 0 aromatic heterocycles. The Morgan fingerprint density at radius 2 is 2.00 bits per heavy atom. The van der Waals surface area contributed by atoms with E-state index in [4.69, 9.17) is 0 Å². The lowest BCUT2D eigenvalue weighted by atomic mass is 10.2. The molecule has 0 atom stereocenters. The minimum Gasteiger partial charge on any atom is -0.313 e. The summed E-state index contributed by atoms with van der Waals surface area (Å²) in [4.78, 5) is 2.47. The first-order chi connectivity index (χ1) is 6.61. The zero-order valence-corrected chi connectivity index (χ0v) is 10.3. The summed E-state index contributed by atoms with van der Waals surface area (Å²) in [5, 5.41) is 3.31. The second-order valence-electron chi connectivity index (χ2n) is 4.09. The van der Waals surface area contributed by atoms with Crippen LogP contribution in [-0.2, 0) is 0 Å². The van der Waals surface area contributed by atoms with Crippen molar-refractivity contribution in [2.75, 3.05) is 26.2 Å². The summed E-state index contributed by atoms with van der Waals surface area (Å²) in [6, 6.07) is 0.619. The molecule has 1 N–H and O–H groups in total. The second kappa shape index (κ2) is 8.01. The standard InChI is InChI=1S/C12H26N2/c1-6-8-14(11(3)4)10-12(5)9-13-7-2/h11,13H,5-10H2,1-4H3. The fourth-order valence-corrected chi connectivity index (χ4v) is 1.45. The van der Waals surface area contributed by atoms with Crippen LogP contribution in [0, 0.1) is 0 Å². The van der Waals surface area contributed by atoms with E-state index in [0.717, 1.165) is 19.6 Å². The van der Waals surface area contributed by atoms with Gasteiger partial charge in [-0.15, -0.1) is 0 Å². The summed E-state index contributed by atoms with van der Waals surface area (Å²) < 4.78 is 0. The maximum atomic E-state index is 4.09. The van der Waals surface area contributed by atoms with Crippen LogP contribution in [0.15, 0.2) is 12.2 Å². The summed E-state index contributed by atoms with van der Waals surface area (Å²) >= 11 is 0. The van der Waals surface area contributed by atoms with Crippen molar-refractivity contribution in [1.29, 1.82) is 0 Å². The Bertz CT molecular complexity index is 152. The Labute approximate surface area is 89.4 Å². The molecule has 0 aromatic rings. The minimum absolute atomic E-state index is 0.619. The van der Waals surface area contributed by atoms with Crippen LogP contribution in [0.3, 0.4) is 0 Å². The fraction of sp³-hybridized carbons (Fsp3) is 0.833. The number of hydrogen-bond acceptors (Lipinski definition) is 2. The summed E-state index contributed by atoms with van der Waals surface area (Å²) in [5.41, 5.74) is 1.29. The van der Waals surface area contributed by atoms with Gasteiger partial charge in [-0.05, 0) is 38.9 Å². The molecule has 0 bridgehead atoms. The molecule has 0 saturated carbocycles. The van der Waals surface area contributed by atoms with Crippen molar-refractivity contribution in [2.45, 2.75) is 40.2 Å². The molecule has 0 spiro atoms. The molecular weight excluding hydrogens is 172 g/mol. The normalized spacial score (nSPS) is 11.3. The zero-order valence-electron chi connectivity index (χ0n) is 10.3. The predicted molar refractivity (Wildman–Crippen MR) is 64.7 cm³/mol. The van der Waals surface area contributed by atoms with Crippen LogP contribution in [0.5, 0.6) is 0 Å². The smallest absolute Gasteiger partial charge is 0.0205 e. The Morgan fingerprint density at radius 1 is 1.36 bits per heavy atom. The van der Waals surface area contributed by atoms with Crippen molar-refractivity contribution >= 4 is 0 Å². The van der Waals surface area contributed by atoms with Gasteiger partial charge in [0.25, 0.3) is 0 Å². The molecule has 0 fully saturated rings. The molecule has 0 aromatic carbocycles. The van der Waals surface area contributed by atoms with Gasteiger partial charge in [0.15, 0.2) is 0 Å². The molecule has 0 radical (unpaired) electrons. The number of nitrogens with zero attached hydrogens (tertiary/aromatic N) is 1. The van der Waals surface area contributed by atoms with Gasteiger partial charge in [0.1, 0.15) is 0 Å². The Hall–Kier alpha value is -0.340. The second-order valence-corrected chi connectivity index (χ2v) is 4.09. The van der Waals surface area contributed by atoms with Crippen molar-refractivity contribution in [3.63, 3.8) is 0 Å². The molecular formula is C12H26N2. The molecule has 84 valence electrons. The monoisotopic (exact) mass is 198 g/mol. The molecule has 14 heavy (non-hydrogen) atoms. The third kappa shape index (κ3) is 6.17. The molecule has 0 saturated heterocycles. The lowest BCUT2D eigenvalue weighted by Gasteiger charge is -2.26. The molecule has 0 aliphatic heterocycles. The highest BCUT2D eigenvalue weighted by Crippen LogP contribution is 2.03. The molecule has 0 unspecified atom stereocenters. The van der Waals surface area contributed by atoms with Gasteiger partial charge in [-0.25, -0.2) is 0 Å². The predicted octanol–water partition coefficient (Wildman–Crippen LogP) is 2.27. The van der Waals surface area contributed by atoms with Crippen molar-refractivity contribution in [2.24, 2.45) is 0 Å². The van der Waals surface area contributed by atoms with Crippen LogP contribution in [0.25, 0.3) is 0 Å². The summed E-state index contributed by atoms with van der Waals surface area (Å²) in [6.07, 6.45) is 1.21.